The summed E-state index contributed by atoms with van der Waals surface area (Å²) in [5, 5.41) is 21.1. The summed E-state index contributed by atoms with van der Waals surface area (Å²) >= 11 is 18.1. The SMILES string of the molecule is COC[C@H]1O[C@@H](n2c(Cl)nc3cc(Cl)c(Cl)cc32)[C@H](O)[C@@H]1O. The Bertz CT molecular complexity index is 708. The molecule has 1 aliphatic rings. The lowest BCUT2D eigenvalue weighted by Gasteiger charge is -2.18. The quantitative estimate of drug-likeness (QED) is 0.870. The number of ether oxygens (including phenoxy) is 2. The van der Waals surface area contributed by atoms with Gasteiger partial charge in [-0.1, -0.05) is 23.2 Å². The van der Waals surface area contributed by atoms with E-state index in [2.05, 4.69) is 4.98 Å². The van der Waals surface area contributed by atoms with Crippen LogP contribution < -0.4 is 0 Å². The van der Waals surface area contributed by atoms with Crippen LogP contribution in [0.2, 0.25) is 15.3 Å². The van der Waals surface area contributed by atoms with Crippen molar-refractivity contribution in [3.8, 4) is 0 Å². The van der Waals surface area contributed by atoms with Crippen LogP contribution in [-0.4, -0.2) is 51.8 Å². The first-order chi connectivity index (χ1) is 10.4. The minimum absolute atomic E-state index is 0.0997. The molecule has 4 atom stereocenters. The minimum atomic E-state index is -1.18. The van der Waals surface area contributed by atoms with E-state index < -0.39 is 24.5 Å². The molecule has 1 aromatic carbocycles. The summed E-state index contributed by atoms with van der Waals surface area (Å²) in [5.74, 6) is 0. The first-order valence-corrected chi connectivity index (χ1v) is 7.60. The molecule has 1 aromatic heterocycles. The number of nitrogens with zero attached hydrogens (tertiary/aromatic N) is 2. The van der Waals surface area contributed by atoms with Gasteiger partial charge in [0.1, 0.15) is 18.3 Å². The molecule has 120 valence electrons. The summed E-state index contributed by atoms with van der Waals surface area (Å²) in [5.41, 5.74) is 1.06. The van der Waals surface area contributed by atoms with Gasteiger partial charge < -0.3 is 19.7 Å². The van der Waals surface area contributed by atoms with Gasteiger partial charge in [0.15, 0.2) is 6.23 Å². The summed E-state index contributed by atoms with van der Waals surface area (Å²) < 4.78 is 12.1. The number of hydrogen-bond donors (Lipinski definition) is 2. The molecule has 0 spiro atoms. The average Bonchev–Trinajstić information content (AvgIpc) is 2.91. The highest BCUT2D eigenvalue weighted by atomic mass is 35.5. The van der Waals surface area contributed by atoms with Gasteiger partial charge >= 0.3 is 0 Å². The van der Waals surface area contributed by atoms with Crippen LogP contribution in [0.15, 0.2) is 12.1 Å². The van der Waals surface area contributed by atoms with E-state index in [1.165, 1.54) is 11.7 Å². The van der Waals surface area contributed by atoms with Crippen LogP contribution in [0.25, 0.3) is 11.0 Å². The van der Waals surface area contributed by atoms with Crippen LogP contribution in [-0.2, 0) is 9.47 Å². The van der Waals surface area contributed by atoms with Crippen molar-refractivity contribution in [3.63, 3.8) is 0 Å². The van der Waals surface area contributed by atoms with E-state index in [0.29, 0.717) is 21.1 Å². The van der Waals surface area contributed by atoms with Crippen LogP contribution in [0.3, 0.4) is 0 Å². The third-order valence-corrected chi connectivity index (χ3v) is 4.60. The molecule has 0 aliphatic carbocycles. The summed E-state index contributed by atoms with van der Waals surface area (Å²) in [6.07, 6.45) is -3.84. The number of rotatable bonds is 3. The fourth-order valence-electron chi connectivity index (χ4n) is 2.55. The normalized spacial score (nSPS) is 28.6. The van der Waals surface area contributed by atoms with Crippen molar-refractivity contribution in [2.45, 2.75) is 24.5 Å². The molecule has 0 unspecified atom stereocenters. The van der Waals surface area contributed by atoms with Gasteiger partial charge in [-0.15, -0.1) is 0 Å². The third-order valence-electron chi connectivity index (χ3n) is 3.61. The first kappa shape index (κ1) is 16.3. The zero-order chi connectivity index (χ0) is 16.0. The summed E-state index contributed by atoms with van der Waals surface area (Å²) in [6.45, 7) is 0.144. The maximum Gasteiger partial charge on any atom is 0.206 e. The van der Waals surface area contributed by atoms with Crippen LogP contribution >= 0.6 is 34.8 Å². The molecular weight excluding hydrogens is 355 g/mol. The van der Waals surface area contributed by atoms with Crippen LogP contribution in [0.1, 0.15) is 6.23 Å². The number of benzene rings is 1. The Hall–Kier alpha value is -0.600. The van der Waals surface area contributed by atoms with Gasteiger partial charge in [0, 0.05) is 7.11 Å². The number of hydrogen-bond acceptors (Lipinski definition) is 5. The van der Waals surface area contributed by atoms with Crippen molar-refractivity contribution in [1.29, 1.82) is 0 Å². The minimum Gasteiger partial charge on any atom is -0.387 e. The fourth-order valence-corrected chi connectivity index (χ4v) is 3.14. The molecule has 0 bridgehead atoms. The van der Waals surface area contributed by atoms with Crippen LogP contribution in [0.4, 0.5) is 0 Å². The van der Waals surface area contributed by atoms with Crippen molar-refractivity contribution in [2.75, 3.05) is 13.7 Å². The second kappa shape index (κ2) is 6.13. The Morgan fingerprint density at radius 3 is 2.59 bits per heavy atom. The van der Waals surface area contributed by atoms with Crippen LogP contribution in [0.5, 0.6) is 0 Å². The van der Waals surface area contributed by atoms with Gasteiger partial charge in [-0.3, -0.25) is 4.57 Å². The second-order valence-electron chi connectivity index (χ2n) is 5.01. The Morgan fingerprint density at radius 2 is 1.91 bits per heavy atom. The van der Waals surface area contributed by atoms with Crippen LogP contribution in [0, 0.1) is 0 Å². The zero-order valence-electron chi connectivity index (χ0n) is 11.4. The van der Waals surface area contributed by atoms with Crippen molar-refractivity contribution in [2.24, 2.45) is 0 Å². The molecule has 1 saturated heterocycles. The molecule has 6 nitrogen and oxygen atoms in total. The molecule has 22 heavy (non-hydrogen) atoms. The molecule has 2 aromatic rings. The number of halogens is 3. The van der Waals surface area contributed by atoms with E-state index in [-0.39, 0.29) is 11.9 Å². The highest BCUT2D eigenvalue weighted by Gasteiger charge is 2.44. The number of fused-ring (bicyclic) bond motifs is 1. The first-order valence-electron chi connectivity index (χ1n) is 6.47. The lowest BCUT2D eigenvalue weighted by Crippen LogP contribution is -2.33. The van der Waals surface area contributed by atoms with E-state index in [1.807, 2.05) is 0 Å². The van der Waals surface area contributed by atoms with E-state index in [0.717, 1.165) is 0 Å². The molecule has 1 fully saturated rings. The fraction of sp³-hybridized carbons (Fsp3) is 0.462. The van der Waals surface area contributed by atoms with Gasteiger partial charge in [-0.25, -0.2) is 4.98 Å². The summed E-state index contributed by atoms with van der Waals surface area (Å²) in [4.78, 5) is 4.17. The lowest BCUT2D eigenvalue weighted by atomic mass is 10.1. The topological polar surface area (TPSA) is 76.7 Å². The third kappa shape index (κ3) is 2.59. The number of aliphatic hydroxyl groups is 2. The molecule has 0 saturated carbocycles. The monoisotopic (exact) mass is 366 g/mol. The van der Waals surface area contributed by atoms with Gasteiger partial charge in [0.2, 0.25) is 5.28 Å². The molecule has 2 N–H and O–H groups in total. The largest absolute Gasteiger partial charge is 0.387 e. The van der Waals surface area contributed by atoms with Crippen molar-refractivity contribution in [3.05, 3.63) is 27.5 Å². The van der Waals surface area contributed by atoms with Gasteiger partial charge in [-0.2, -0.15) is 0 Å². The van der Waals surface area contributed by atoms with Gasteiger partial charge in [0.05, 0.1) is 27.7 Å². The van der Waals surface area contributed by atoms with Gasteiger partial charge in [0.25, 0.3) is 0 Å². The molecule has 3 rings (SSSR count). The maximum atomic E-state index is 10.2. The molecule has 9 heteroatoms. The highest BCUT2D eigenvalue weighted by molar-refractivity contribution is 6.42. The Kier molecular flexibility index (Phi) is 4.53. The predicted molar refractivity (Wildman–Crippen MR) is 82.6 cm³/mol. The Morgan fingerprint density at radius 1 is 1.23 bits per heavy atom. The molecule has 0 amide bonds. The second-order valence-corrected chi connectivity index (χ2v) is 6.16. The van der Waals surface area contributed by atoms with E-state index in [1.54, 1.807) is 12.1 Å². The molecule has 2 heterocycles. The van der Waals surface area contributed by atoms with E-state index in [9.17, 15) is 10.2 Å². The molecular formula is C13H13Cl3N2O4. The van der Waals surface area contributed by atoms with E-state index >= 15 is 0 Å². The Labute approximate surface area is 141 Å². The van der Waals surface area contributed by atoms with Gasteiger partial charge in [-0.05, 0) is 23.7 Å². The molecule has 0 radical (unpaired) electrons. The van der Waals surface area contributed by atoms with Crippen molar-refractivity contribution in [1.82, 2.24) is 9.55 Å². The maximum absolute atomic E-state index is 10.2. The number of aromatic nitrogens is 2. The zero-order valence-corrected chi connectivity index (χ0v) is 13.7. The average molecular weight is 368 g/mol. The summed E-state index contributed by atoms with van der Waals surface area (Å²) in [6, 6.07) is 3.16. The highest BCUT2D eigenvalue weighted by Crippen LogP contribution is 2.37. The van der Waals surface area contributed by atoms with Crippen molar-refractivity contribution >= 4 is 45.8 Å². The van der Waals surface area contributed by atoms with Crippen molar-refractivity contribution < 1.29 is 19.7 Å². The molecule has 1 aliphatic heterocycles. The number of methoxy groups -OCH3 is 1. The lowest BCUT2D eigenvalue weighted by molar-refractivity contribution is -0.0576. The Balaban J connectivity index is 2.06. The number of aliphatic hydroxyl groups excluding tert-OH is 2. The smallest absolute Gasteiger partial charge is 0.206 e. The van der Waals surface area contributed by atoms with E-state index in [4.69, 9.17) is 44.3 Å². The predicted octanol–water partition coefficient (Wildman–Crippen LogP) is 2.26. The summed E-state index contributed by atoms with van der Waals surface area (Å²) in [7, 11) is 1.48. The standard InChI is InChI=1S/C13H13Cl3N2O4/c1-21-4-9-10(19)11(20)12(22-9)18-8-3-6(15)5(14)2-7(8)17-13(18)16/h2-3,9-12,19-20H,4H2,1H3/t9-,10-,11-,12-/m1/s1. The number of imidazole rings is 1.